The Labute approximate surface area is 313 Å². The molecule has 0 bridgehead atoms. The first kappa shape index (κ1) is 32.6. The van der Waals surface area contributed by atoms with Crippen molar-refractivity contribution in [1.82, 2.24) is 0 Å². The highest BCUT2D eigenvalue weighted by atomic mass is 32.1. The maximum Gasteiger partial charge on any atom is 0.197 e. The lowest BCUT2D eigenvalue weighted by atomic mass is 9.79. The van der Waals surface area contributed by atoms with Crippen molar-refractivity contribution in [1.29, 1.82) is 21.0 Å². The molecule has 0 saturated heterocycles. The van der Waals surface area contributed by atoms with Crippen LogP contribution in [0.2, 0.25) is 0 Å². The lowest BCUT2D eigenvalue weighted by molar-refractivity contribution is 0.0974. The van der Waals surface area contributed by atoms with Crippen LogP contribution in [0.25, 0.3) is 30.4 Å². The number of carbonyl (C=O) groups excluding carboxylic acids is 4. The summed E-state index contributed by atoms with van der Waals surface area (Å²) in [4.78, 5) is 55.6. The van der Waals surface area contributed by atoms with Gasteiger partial charge in [0.1, 0.15) is 24.3 Å². The lowest BCUT2D eigenvalue weighted by Crippen LogP contribution is -2.15. The molecule has 5 aromatic rings. The summed E-state index contributed by atoms with van der Waals surface area (Å²) in [6.07, 6.45) is 5.38. The van der Waals surface area contributed by atoms with Gasteiger partial charge in [0.15, 0.2) is 23.1 Å². The van der Waals surface area contributed by atoms with Crippen LogP contribution in [0.1, 0.15) is 107 Å². The first-order chi connectivity index (χ1) is 25.2. The number of Topliss-reactive ketones (excluding diaryl/α,β-unsaturated/α-hetero) is 4. The zero-order valence-corrected chi connectivity index (χ0v) is 30.7. The number of hydrogen-bond acceptors (Lipinski definition) is 11. The van der Waals surface area contributed by atoms with E-state index in [0.29, 0.717) is 0 Å². The fourth-order valence-electron chi connectivity index (χ4n) is 8.03. The largest absolute Gasteiger partial charge is 0.288 e. The molecule has 0 radical (unpaired) electrons. The molecule has 250 valence electrons. The van der Waals surface area contributed by atoms with Crippen molar-refractivity contribution in [2.45, 2.75) is 33.1 Å². The van der Waals surface area contributed by atoms with Gasteiger partial charge in [0.2, 0.25) is 0 Å². The highest BCUT2D eigenvalue weighted by molar-refractivity contribution is 7.39. The summed E-state index contributed by atoms with van der Waals surface area (Å²) in [6.45, 7) is 8.55. The Balaban J connectivity index is 1.08. The molecule has 0 amide bonds. The van der Waals surface area contributed by atoms with Gasteiger partial charge in [-0.05, 0) is 64.8 Å². The van der Waals surface area contributed by atoms with Crippen molar-refractivity contribution in [2.24, 2.45) is 5.41 Å². The van der Waals surface area contributed by atoms with Gasteiger partial charge in [0, 0.05) is 47.5 Å². The molecule has 11 heteroatoms. The number of nitrogens with zero attached hydrogens (tertiary/aromatic N) is 4. The van der Waals surface area contributed by atoms with Crippen LogP contribution in [0.3, 0.4) is 0 Å². The van der Waals surface area contributed by atoms with Crippen LogP contribution >= 0.6 is 34.0 Å². The van der Waals surface area contributed by atoms with Gasteiger partial charge < -0.3 is 0 Å². The third-order valence-corrected chi connectivity index (χ3v) is 14.6. The molecule has 2 aromatic carbocycles. The predicted octanol–water partition coefficient (Wildman–Crippen LogP) is 9.14. The Bertz CT molecular complexity index is 2960. The smallest absolute Gasteiger partial charge is 0.197 e. The van der Waals surface area contributed by atoms with Crippen LogP contribution in [0.15, 0.2) is 64.8 Å². The molecule has 0 aliphatic heterocycles. The van der Waals surface area contributed by atoms with Crippen LogP contribution < -0.4 is 0 Å². The molecule has 4 aliphatic rings. The number of thiophene rings is 3. The van der Waals surface area contributed by atoms with E-state index < -0.39 is 28.5 Å². The second-order valence-electron chi connectivity index (χ2n) is 14.3. The molecular formula is C42H20N4O4S3. The zero-order chi connectivity index (χ0) is 37.5. The second kappa shape index (κ2) is 10.6. The number of benzene rings is 2. The average molecular weight is 741 g/mol. The van der Waals surface area contributed by atoms with Crippen molar-refractivity contribution in [3.8, 4) is 24.3 Å². The fraction of sp³-hybridized carbons (Fsp3) is 0.143. The number of fused-ring (bicyclic) bond motifs is 8. The summed E-state index contributed by atoms with van der Waals surface area (Å²) in [7, 11) is 0. The summed E-state index contributed by atoms with van der Waals surface area (Å²) in [5.74, 6) is -1.84. The van der Waals surface area contributed by atoms with Crippen molar-refractivity contribution < 1.29 is 19.2 Å². The third kappa shape index (κ3) is 4.10. The normalized spacial score (nSPS) is 17.4. The van der Waals surface area contributed by atoms with E-state index in [0.717, 1.165) is 40.6 Å². The van der Waals surface area contributed by atoms with E-state index in [1.807, 2.05) is 30.3 Å². The van der Waals surface area contributed by atoms with E-state index in [2.05, 4.69) is 33.8 Å². The minimum Gasteiger partial charge on any atom is -0.288 e. The second-order valence-corrected chi connectivity index (χ2v) is 17.5. The number of rotatable bonds is 2. The SMILES string of the molecule is CC1(C)C(C=C2C(=O)c3cc(C#N)c(C#N)cc3C2=O)=CC2=C1c1sc3c(sc4cc(C=C5C(=O)c6cc(C#N)c(C#N)cc6C5=O)sc43)c1C2(C)C. The summed E-state index contributed by atoms with van der Waals surface area (Å²) in [5.41, 5.74) is 4.19. The number of carbonyl (C=O) groups is 4. The molecule has 3 aromatic heterocycles. The molecule has 0 unspecified atom stereocenters. The molecule has 0 N–H and O–H groups in total. The highest BCUT2D eigenvalue weighted by Crippen LogP contribution is 2.65. The fourth-order valence-corrected chi connectivity index (χ4v) is 12.8. The average Bonchev–Trinajstić information content (AvgIpc) is 3.96. The Morgan fingerprint density at radius 2 is 1.04 bits per heavy atom. The van der Waals surface area contributed by atoms with Crippen molar-refractivity contribution in [2.75, 3.05) is 0 Å². The van der Waals surface area contributed by atoms with Gasteiger partial charge in [-0.1, -0.05) is 33.8 Å². The topological polar surface area (TPSA) is 163 Å². The third-order valence-electron chi connectivity index (χ3n) is 10.8. The van der Waals surface area contributed by atoms with Gasteiger partial charge in [-0.2, -0.15) is 21.0 Å². The van der Waals surface area contributed by atoms with E-state index in [9.17, 15) is 40.2 Å². The van der Waals surface area contributed by atoms with Crippen LogP contribution in [-0.4, -0.2) is 23.1 Å². The van der Waals surface area contributed by atoms with E-state index in [1.54, 1.807) is 34.8 Å². The molecule has 0 saturated carbocycles. The predicted molar refractivity (Wildman–Crippen MR) is 202 cm³/mol. The summed E-state index contributed by atoms with van der Waals surface area (Å²) in [5, 5.41) is 37.8. The van der Waals surface area contributed by atoms with E-state index >= 15 is 0 Å². The molecule has 0 atom stereocenters. The van der Waals surface area contributed by atoms with Crippen molar-refractivity contribution in [3.05, 3.63) is 125 Å². The molecule has 0 spiro atoms. The van der Waals surface area contributed by atoms with E-state index in [4.69, 9.17) is 0 Å². The van der Waals surface area contributed by atoms with Gasteiger partial charge >= 0.3 is 0 Å². The summed E-state index contributed by atoms with van der Waals surface area (Å²) in [6, 6.07) is 15.0. The number of allylic oxidation sites excluding steroid dienone is 7. The maximum atomic E-state index is 13.5. The molecule has 0 fully saturated rings. The Kier molecular flexibility index (Phi) is 6.52. The summed E-state index contributed by atoms with van der Waals surface area (Å²) >= 11 is 4.88. The molecule has 3 heterocycles. The van der Waals surface area contributed by atoms with Gasteiger partial charge in [-0.3, -0.25) is 19.2 Å². The Hall–Kier alpha value is -6.34. The number of nitriles is 4. The minimum atomic E-state index is -0.554. The lowest BCUT2D eigenvalue weighted by Gasteiger charge is -2.25. The first-order valence-corrected chi connectivity index (χ1v) is 18.8. The number of hydrogen-bond donors (Lipinski definition) is 0. The first-order valence-electron chi connectivity index (χ1n) is 16.3. The molecular weight excluding hydrogens is 721 g/mol. The van der Waals surface area contributed by atoms with E-state index in [1.165, 1.54) is 45.9 Å². The maximum absolute atomic E-state index is 13.5. The molecule has 53 heavy (non-hydrogen) atoms. The molecule has 4 aliphatic carbocycles. The van der Waals surface area contributed by atoms with Crippen LogP contribution in [0.5, 0.6) is 0 Å². The summed E-state index contributed by atoms with van der Waals surface area (Å²) < 4.78 is 4.40. The number of ketones is 4. The quantitative estimate of drug-likeness (QED) is 0.128. The van der Waals surface area contributed by atoms with Gasteiger partial charge in [0.25, 0.3) is 0 Å². The van der Waals surface area contributed by atoms with Crippen LogP contribution in [0, 0.1) is 50.7 Å². The van der Waals surface area contributed by atoms with Crippen molar-refractivity contribution >= 4 is 87.6 Å². The zero-order valence-electron chi connectivity index (χ0n) is 28.3. The Morgan fingerprint density at radius 3 is 1.51 bits per heavy atom. The van der Waals surface area contributed by atoms with Crippen molar-refractivity contribution in [3.63, 3.8) is 0 Å². The van der Waals surface area contributed by atoms with Crippen LogP contribution in [-0.2, 0) is 5.41 Å². The standard InChI is InChI=1S/C42H20N4O4S3/c1-41(2)21(9-27-33(47)23-5-17(13-43)18(14-44)6-24(23)34(27)48)10-29-31(41)38-32(42(29,3)4)39-40(53-38)37-30(52-39)12-22(51-37)11-28-35(49)25-7-19(15-45)20(16-46)8-26(25)36(28)50/h5-12H,1-4H3. The van der Waals surface area contributed by atoms with Crippen LogP contribution in [0.4, 0.5) is 0 Å². The monoisotopic (exact) mass is 740 g/mol. The van der Waals surface area contributed by atoms with Gasteiger partial charge in [-0.25, -0.2) is 0 Å². The van der Waals surface area contributed by atoms with Gasteiger partial charge in [-0.15, -0.1) is 34.0 Å². The van der Waals surface area contributed by atoms with E-state index in [-0.39, 0.29) is 61.1 Å². The van der Waals surface area contributed by atoms with Gasteiger partial charge in [0.05, 0.1) is 47.5 Å². The molecule has 8 nitrogen and oxygen atoms in total. The Morgan fingerprint density at radius 1 is 0.566 bits per heavy atom. The molecule has 9 rings (SSSR count). The minimum absolute atomic E-state index is 0.00694. The highest BCUT2D eigenvalue weighted by Gasteiger charge is 2.50.